The van der Waals surface area contributed by atoms with Crippen LogP contribution in [0.4, 0.5) is 0 Å². The van der Waals surface area contributed by atoms with E-state index in [9.17, 15) is 9.90 Å². The van der Waals surface area contributed by atoms with Crippen molar-refractivity contribution in [3.05, 3.63) is 42.7 Å². The van der Waals surface area contributed by atoms with Crippen LogP contribution in [-0.2, 0) is 4.79 Å². The molecule has 0 radical (unpaired) electrons. The second kappa shape index (κ2) is 9.38. The van der Waals surface area contributed by atoms with Crippen molar-refractivity contribution in [1.29, 1.82) is 0 Å². The number of nitrogens with two attached hydrogens (primary N) is 1. The standard InChI is InChI=1S/C25H32N6O2S/c1-24(2)21(10-12-31(25(24,3)4)23(33)9-11-26)34-22-8-7-19(29-30-22)18-6-5-16(13-20(18)32)17-14-27-28-15-17/h5-8,13-15,21,32H,9-12,26H2,1-4H3,(H,27,28). The van der Waals surface area contributed by atoms with E-state index in [4.69, 9.17) is 5.73 Å². The lowest BCUT2D eigenvalue weighted by molar-refractivity contribution is -0.145. The monoisotopic (exact) mass is 480 g/mol. The molecule has 0 aliphatic carbocycles. The van der Waals surface area contributed by atoms with Gasteiger partial charge in [-0.25, -0.2) is 0 Å². The maximum Gasteiger partial charge on any atom is 0.224 e. The smallest absolute Gasteiger partial charge is 0.224 e. The number of benzene rings is 1. The average Bonchev–Trinajstić information content (AvgIpc) is 3.33. The number of aromatic amines is 1. The third-order valence-corrected chi connectivity index (χ3v) is 8.91. The fraction of sp³-hybridized carbons (Fsp3) is 0.440. The number of rotatable bonds is 6. The molecule has 1 aliphatic heterocycles. The van der Waals surface area contributed by atoms with Crippen molar-refractivity contribution >= 4 is 17.7 Å². The van der Waals surface area contributed by atoms with Crippen LogP contribution in [0.2, 0.25) is 0 Å². The number of phenols is 1. The van der Waals surface area contributed by atoms with Crippen molar-refractivity contribution in [3.8, 4) is 28.1 Å². The number of carbonyl (C=O) groups excluding carboxylic acids is 1. The van der Waals surface area contributed by atoms with Crippen molar-refractivity contribution in [3.63, 3.8) is 0 Å². The van der Waals surface area contributed by atoms with Gasteiger partial charge in [0, 0.05) is 47.6 Å². The van der Waals surface area contributed by atoms with Crippen molar-refractivity contribution in [2.45, 2.75) is 56.4 Å². The number of hydrogen-bond donors (Lipinski definition) is 3. The molecule has 1 fully saturated rings. The topological polar surface area (TPSA) is 121 Å². The van der Waals surface area contributed by atoms with Crippen LogP contribution < -0.4 is 5.73 Å². The Hall–Kier alpha value is -2.91. The summed E-state index contributed by atoms with van der Waals surface area (Å²) in [6.45, 7) is 9.78. The molecule has 0 spiro atoms. The number of nitrogens with one attached hydrogen (secondary N) is 1. The zero-order valence-corrected chi connectivity index (χ0v) is 20.9. The second-order valence-electron chi connectivity index (χ2n) is 9.74. The van der Waals surface area contributed by atoms with Crippen LogP contribution in [0.3, 0.4) is 0 Å². The van der Waals surface area contributed by atoms with Gasteiger partial charge in [0.15, 0.2) is 0 Å². The molecule has 3 aromatic rings. The minimum Gasteiger partial charge on any atom is -0.507 e. The highest BCUT2D eigenvalue weighted by atomic mass is 32.2. The summed E-state index contributed by atoms with van der Waals surface area (Å²) in [5, 5.41) is 27.2. The molecule has 1 aliphatic rings. The normalized spacial score (nSPS) is 19.2. The molecule has 1 unspecified atom stereocenters. The molecule has 180 valence electrons. The van der Waals surface area contributed by atoms with Gasteiger partial charge in [0.05, 0.1) is 11.9 Å². The Kier molecular flexibility index (Phi) is 6.69. The number of likely N-dealkylation sites (tertiary alicyclic amines) is 1. The van der Waals surface area contributed by atoms with E-state index in [1.54, 1.807) is 30.2 Å². The van der Waals surface area contributed by atoms with Crippen LogP contribution in [0.5, 0.6) is 5.75 Å². The van der Waals surface area contributed by atoms with Crippen LogP contribution in [0.25, 0.3) is 22.4 Å². The lowest BCUT2D eigenvalue weighted by Crippen LogP contribution is -2.64. The molecule has 4 rings (SSSR count). The summed E-state index contributed by atoms with van der Waals surface area (Å²) in [4.78, 5) is 14.6. The predicted molar refractivity (Wildman–Crippen MR) is 134 cm³/mol. The van der Waals surface area contributed by atoms with E-state index in [1.165, 1.54) is 0 Å². The number of hydrogen-bond acceptors (Lipinski definition) is 7. The van der Waals surface area contributed by atoms with Crippen molar-refractivity contribution in [1.82, 2.24) is 25.3 Å². The lowest BCUT2D eigenvalue weighted by atomic mass is 9.67. The van der Waals surface area contributed by atoms with Crippen molar-refractivity contribution in [2.75, 3.05) is 13.1 Å². The van der Waals surface area contributed by atoms with Crippen molar-refractivity contribution in [2.24, 2.45) is 11.1 Å². The molecule has 3 heterocycles. The van der Waals surface area contributed by atoms with Gasteiger partial charge in [-0.05, 0) is 55.5 Å². The number of H-pyrrole nitrogens is 1. The Morgan fingerprint density at radius 2 is 2.00 bits per heavy atom. The van der Waals surface area contributed by atoms with E-state index in [2.05, 4.69) is 48.1 Å². The molecule has 1 saturated heterocycles. The summed E-state index contributed by atoms with van der Waals surface area (Å²) in [6, 6.07) is 9.31. The fourth-order valence-electron chi connectivity index (χ4n) is 4.54. The Morgan fingerprint density at radius 1 is 1.21 bits per heavy atom. The fourth-order valence-corrected chi connectivity index (χ4v) is 5.87. The van der Waals surface area contributed by atoms with E-state index in [1.807, 2.05) is 29.2 Å². The molecule has 8 nitrogen and oxygen atoms in total. The molecule has 1 amide bonds. The molecule has 1 atom stereocenters. The number of carbonyl (C=O) groups is 1. The maximum absolute atomic E-state index is 12.6. The summed E-state index contributed by atoms with van der Waals surface area (Å²) in [5.74, 6) is 0.262. The number of phenolic OH excluding ortho intramolecular Hbond substituents is 1. The molecule has 2 aromatic heterocycles. The van der Waals surface area contributed by atoms with E-state index in [0.717, 1.165) is 22.6 Å². The Morgan fingerprint density at radius 3 is 2.62 bits per heavy atom. The predicted octanol–water partition coefficient (Wildman–Crippen LogP) is 4.09. The van der Waals surface area contributed by atoms with Crippen LogP contribution in [-0.4, -0.2) is 60.2 Å². The molecule has 4 N–H and O–H groups in total. The highest BCUT2D eigenvalue weighted by Crippen LogP contribution is 2.50. The van der Waals surface area contributed by atoms with Crippen LogP contribution in [0.15, 0.2) is 47.8 Å². The summed E-state index contributed by atoms with van der Waals surface area (Å²) in [7, 11) is 0. The molecular weight excluding hydrogens is 448 g/mol. The first-order chi connectivity index (χ1) is 16.1. The Balaban J connectivity index is 1.49. The van der Waals surface area contributed by atoms with E-state index < -0.39 is 0 Å². The highest BCUT2D eigenvalue weighted by molar-refractivity contribution is 7.99. The highest BCUT2D eigenvalue weighted by Gasteiger charge is 2.51. The molecular formula is C25H32N6O2S. The van der Waals surface area contributed by atoms with E-state index >= 15 is 0 Å². The van der Waals surface area contributed by atoms with Gasteiger partial charge in [-0.1, -0.05) is 19.9 Å². The quantitative estimate of drug-likeness (QED) is 0.486. The largest absolute Gasteiger partial charge is 0.507 e. The summed E-state index contributed by atoms with van der Waals surface area (Å²) in [6.07, 6.45) is 4.74. The first kappa shape index (κ1) is 24.2. The first-order valence-electron chi connectivity index (χ1n) is 11.5. The number of piperidine rings is 1. The SMILES string of the molecule is CC1(C)C(Sc2ccc(-c3ccc(-c4cn[nH]c4)cc3O)nn2)CCN(C(=O)CCN)C1(C)C. The average molecular weight is 481 g/mol. The molecule has 0 saturated carbocycles. The second-order valence-corrected chi connectivity index (χ2v) is 11.0. The van der Waals surface area contributed by atoms with E-state index in [0.29, 0.717) is 30.8 Å². The minimum absolute atomic E-state index is 0.117. The zero-order chi connectivity index (χ0) is 24.5. The van der Waals surface area contributed by atoms with Gasteiger partial charge in [-0.15, -0.1) is 22.0 Å². The summed E-state index contributed by atoms with van der Waals surface area (Å²) < 4.78 is 0. The third kappa shape index (κ3) is 4.42. The Bertz CT molecular complexity index is 1140. The lowest BCUT2D eigenvalue weighted by Gasteiger charge is -2.56. The molecule has 9 heteroatoms. The van der Waals surface area contributed by atoms with Gasteiger partial charge in [0.2, 0.25) is 5.91 Å². The number of thioether (sulfide) groups is 1. The Labute approximate surface area is 204 Å². The van der Waals surface area contributed by atoms with E-state index in [-0.39, 0.29) is 27.9 Å². The van der Waals surface area contributed by atoms with Crippen LogP contribution in [0.1, 0.15) is 40.5 Å². The van der Waals surface area contributed by atoms with Crippen molar-refractivity contribution < 1.29 is 9.90 Å². The van der Waals surface area contributed by atoms with Gasteiger partial charge in [-0.3, -0.25) is 9.89 Å². The van der Waals surface area contributed by atoms with Crippen LogP contribution in [0, 0.1) is 5.41 Å². The number of amides is 1. The summed E-state index contributed by atoms with van der Waals surface area (Å²) in [5.41, 5.74) is 8.18. The molecule has 0 bridgehead atoms. The number of aromatic hydroxyl groups is 1. The van der Waals surface area contributed by atoms with Crippen LogP contribution >= 0.6 is 11.8 Å². The van der Waals surface area contributed by atoms with Gasteiger partial charge >= 0.3 is 0 Å². The minimum atomic E-state index is -0.314. The number of nitrogens with zero attached hydrogens (tertiary/aromatic N) is 4. The zero-order valence-electron chi connectivity index (χ0n) is 20.1. The van der Waals surface area contributed by atoms with Gasteiger partial charge in [0.1, 0.15) is 10.8 Å². The van der Waals surface area contributed by atoms with Gasteiger partial charge in [0.25, 0.3) is 0 Å². The third-order valence-electron chi connectivity index (χ3n) is 7.34. The number of aromatic nitrogens is 4. The molecule has 1 aromatic carbocycles. The van der Waals surface area contributed by atoms with Gasteiger partial charge in [-0.2, -0.15) is 5.10 Å². The summed E-state index contributed by atoms with van der Waals surface area (Å²) >= 11 is 1.70. The van der Waals surface area contributed by atoms with Gasteiger partial charge < -0.3 is 15.7 Å². The molecule has 34 heavy (non-hydrogen) atoms. The maximum atomic E-state index is 12.6. The first-order valence-corrected chi connectivity index (χ1v) is 12.4.